The number of hydrogen-bond donors (Lipinski definition) is 1. The Hall–Kier alpha value is -1.97. The first-order valence-electron chi connectivity index (χ1n) is 7.20. The Morgan fingerprint density at radius 3 is 2.79 bits per heavy atom. The summed E-state index contributed by atoms with van der Waals surface area (Å²) in [7, 11) is 0. The number of amides is 1. The molecule has 1 fully saturated rings. The van der Waals surface area contributed by atoms with Crippen molar-refractivity contribution in [3.05, 3.63) is 51.2 Å². The molecule has 0 spiro atoms. The number of carbonyl (C=O) groups is 1. The fourth-order valence-electron chi connectivity index (χ4n) is 2.59. The maximum absolute atomic E-state index is 12.0. The summed E-state index contributed by atoms with van der Waals surface area (Å²) in [5.74, 6) is 0.598. The number of thiocarbonyl (C=S) groups is 1. The third-order valence-corrected chi connectivity index (χ3v) is 5.67. The molecule has 0 bridgehead atoms. The van der Waals surface area contributed by atoms with Crippen LogP contribution in [-0.4, -0.2) is 37.9 Å². The maximum Gasteiger partial charge on any atom is 0.269 e. The summed E-state index contributed by atoms with van der Waals surface area (Å²) in [5, 5.41) is 10.8. The van der Waals surface area contributed by atoms with E-state index in [9.17, 15) is 14.9 Å². The van der Waals surface area contributed by atoms with Crippen LogP contribution in [-0.2, 0) is 16.1 Å². The summed E-state index contributed by atoms with van der Waals surface area (Å²) >= 11 is 6.96. The van der Waals surface area contributed by atoms with Crippen molar-refractivity contribution in [1.82, 2.24) is 4.90 Å². The Kier molecular flexibility index (Phi) is 4.57. The van der Waals surface area contributed by atoms with Crippen LogP contribution in [0.15, 0.2) is 35.5 Å². The predicted molar refractivity (Wildman–Crippen MR) is 94.3 cm³/mol. The first-order chi connectivity index (χ1) is 11.4. The van der Waals surface area contributed by atoms with Crippen LogP contribution in [0.25, 0.3) is 0 Å². The molecule has 1 unspecified atom stereocenters. The van der Waals surface area contributed by atoms with Gasteiger partial charge in [-0.2, -0.15) is 0 Å². The molecule has 1 aromatic rings. The van der Waals surface area contributed by atoms with E-state index in [1.54, 1.807) is 28.8 Å². The molecular weight excluding hydrogens is 350 g/mol. The number of nitrogens with two attached hydrogens (primary N) is 1. The first kappa shape index (κ1) is 16.9. The molecule has 3 rings (SSSR count). The number of carbonyl (C=O) groups excluding carboxylic acids is 1. The van der Waals surface area contributed by atoms with Crippen LogP contribution in [0.5, 0.6) is 0 Å². The second-order valence-corrected chi connectivity index (χ2v) is 7.04. The number of rotatable bonds is 4. The molecule has 1 aromatic carbocycles. The Balaban J connectivity index is 1.68. The normalized spacial score (nSPS) is 22.8. The molecule has 0 radical (unpaired) electrons. The van der Waals surface area contributed by atoms with E-state index in [1.807, 2.05) is 6.92 Å². The van der Waals surface area contributed by atoms with Crippen molar-refractivity contribution in [3.63, 3.8) is 0 Å². The fourth-order valence-corrected chi connectivity index (χ4v) is 4.16. The van der Waals surface area contributed by atoms with Crippen LogP contribution in [0, 0.1) is 10.1 Å². The number of ether oxygens (including phenoxy) is 1. The van der Waals surface area contributed by atoms with Crippen molar-refractivity contribution in [2.45, 2.75) is 24.9 Å². The first-order valence-corrected chi connectivity index (χ1v) is 8.66. The van der Waals surface area contributed by atoms with Gasteiger partial charge in [-0.15, -0.1) is 11.8 Å². The van der Waals surface area contributed by atoms with Crippen molar-refractivity contribution in [3.8, 4) is 0 Å². The topological polar surface area (TPSA) is 98.7 Å². The van der Waals surface area contributed by atoms with Gasteiger partial charge in [0.25, 0.3) is 5.69 Å². The van der Waals surface area contributed by atoms with Crippen molar-refractivity contribution >= 4 is 40.6 Å². The van der Waals surface area contributed by atoms with Gasteiger partial charge in [0.15, 0.2) is 0 Å². The van der Waals surface area contributed by atoms with Crippen molar-refractivity contribution in [1.29, 1.82) is 0 Å². The number of nitro groups is 1. The predicted octanol–water partition coefficient (Wildman–Crippen LogP) is 1.96. The van der Waals surface area contributed by atoms with Crippen LogP contribution in [0.3, 0.4) is 0 Å². The lowest BCUT2D eigenvalue weighted by Crippen LogP contribution is -2.68. The highest BCUT2D eigenvalue weighted by Crippen LogP contribution is 2.39. The zero-order valence-electron chi connectivity index (χ0n) is 12.8. The van der Waals surface area contributed by atoms with Gasteiger partial charge in [0.05, 0.1) is 10.6 Å². The van der Waals surface area contributed by atoms with Crippen LogP contribution >= 0.6 is 24.0 Å². The number of nitrogens with zero attached hydrogens (tertiary/aromatic N) is 2. The van der Waals surface area contributed by atoms with Gasteiger partial charge in [0, 0.05) is 17.9 Å². The standard InChI is InChI=1S/C15H15N3O4S2/c1-8-7-24-14-11(16)13(19)17(14)12(8)15(23)22-6-9-2-4-10(5-3-9)18(20)21/h2-5,11,14H,6-7,16H2,1H3/t11?,14-/m1/s1. The summed E-state index contributed by atoms with van der Waals surface area (Å²) < 4.78 is 5.63. The van der Waals surface area contributed by atoms with Gasteiger partial charge in [0.1, 0.15) is 18.0 Å². The lowest BCUT2D eigenvalue weighted by molar-refractivity contribution is -0.384. The molecule has 9 heteroatoms. The van der Waals surface area contributed by atoms with E-state index in [4.69, 9.17) is 22.7 Å². The van der Waals surface area contributed by atoms with Gasteiger partial charge in [-0.3, -0.25) is 19.8 Å². The van der Waals surface area contributed by atoms with E-state index >= 15 is 0 Å². The maximum atomic E-state index is 12.0. The number of nitro benzene ring substituents is 1. The van der Waals surface area contributed by atoms with E-state index < -0.39 is 11.0 Å². The number of thioether (sulfide) groups is 1. The fraction of sp³-hybridized carbons (Fsp3) is 0.333. The second-order valence-electron chi connectivity index (χ2n) is 5.56. The molecule has 24 heavy (non-hydrogen) atoms. The van der Waals surface area contributed by atoms with Crippen LogP contribution in [0.1, 0.15) is 12.5 Å². The zero-order valence-corrected chi connectivity index (χ0v) is 14.4. The van der Waals surface area contributed by atoms with E-state index in [0.717, 1.165) is 16.9 Å². The Bertz CT molecular complexity index is 748. The van der Waals surface area contributed by atoms with E-state index in [0.29, 0.717) is 5.70 Å². The number of hydrogen-bond acceptors (Lipinski definition) is 7. The molecule has 7 nitrogen and oxygen atoms in total. The number of non-ortho nitro benzene ring substituents is 1. The smallest absolute Gasteiger partial charge is 0.269 e. The monoisotopic (exact) mass is 365 g/mol. The minimum atomic E-state index is -0.490. The summed E-state index contributed by atoms with van der Waals surface area (Å²) in [4.78, 5) is 23.8. The van der Waals surface area contributed by atoms with Crippen molar-refractivity contribution in [2.75, 3.05) is 5.75 Å². The molecule has 2 aliphatic heterocycles. The second kappa shape index (κ2) is 6.50. The molecule has 0 aromatic heterocycles. The van der Waals surface area contributed by atoms with Crippen molar-refractivity contribution in [2.24, 2.45) is 5.73 Å². The average Bonchev–Trinajstić information content (AvgIpc) is 2.59. The van der Waals surface area contributed by atoms with E-state index in [-0.39, 0.29) is 28.6 Å². The molecule has 1 amide bonds. The quantitative estimate of drug-likeness (QED) is 0.377. The molecule has 0 aliphatic carbocycles. The lowest BCUT2D eigenvalue weighted by atomic mass is 10.0. The van der Waals surface area contributed by atoms with Crippen molar-refractivity contribution < 1.29 is 14.5 Å². The van der Waals surface area contributed by atoms with Gasteiger partial charge in [-0.05, 0) is 42.4 Å². The summed E-state index contributed by atoms with van der Waals surface area (Å²) in [5.41, 5.74) is 8.20. The summed E-state index contributed by atoms with van der Waals surface area (Å²) in [6, 6.07) is 5.57. The average molecular weight is 365 g/mol. The summed E-state index contributed by atoms with van der Waals surface area (Å²) in [6.07, 6.45) is 0. The highest BCUT2D eigenvalue weighted by Gasteiger charge is 2.50. The van der Waals surface area contributed by atoms with Gasteiger partial charge >= 0.3 is 0 Å². The Morgan fingerprint density at radius 1 is 1.50 bits per heavy atom. The minimum absolute atomic E-state index is 0.0205. The summed E-state index contributed by atoms with van der Waals surface area (Å²) in [6.45, 7) is 2.09. The van der Waals surface area contributed by atoms with Gasteiger partial charge in [-0.25, -0.2) is 0 Å². The molecule has 2 atom stereocenters. The van der Waals surface area contributed by atoms with E-state index in [2.05, 4.69) is 0 Å². The highest BCUT2D eigenvalue weighted by atomic mass is 32.2. The molecular formula is C15H15N3O4S2. The Labute approximate surface area is 148 Å². The molecule has 2 aliphatic rings. The number of fused-ring (bicyclic) bond motifs is 1. The molecule has 126 valence electrons. The minimum Gasteiger partial charge on any atom is -0.477 e. The number of benzene rings is 1. The highest BCUT2D eigenvalue weighted by molar-refractivity contribution is 8.00. The largest absolute Gasteiger partial charge is 0.477 e. The molecule has 0 saturated carbocycles. The van der Waals surface area contributed by atoms with E-state index in [1.165, 1.54) is 12.1 Å². The van der Waals surface area contributed by atoms with Gasteiger partial charge in [0.2, 0.25) is 11.0 Å². The lowest BCUT2D eigenvalue weighted by Gasteiger charge is -2.48. The number of β-lactam (4-membered cyclic amide) rings is 1. The van der Waals surface area contributed by atoms with Crippen LogP contribution in [0.4, 0.5) is 5.69 Å². The van der Waals surface area contributed by atoms with Crippen LogP contribution < -0.4 is 5.73 Å². The SMILES string of the molecule is CC1=C(C(=S)OCc2ccc([N+](=O)[O-])cc2)N2C(=O)C(N)[C@H]2SC1. The van der Waals surface area contributed by atoms with Crippen LogP contribution in [0.2, 0.25) is 0 Å². The Morgan fingerprint density at radius 2 is 2.17 bits per heavy atom. The van der Waals surface area contributed by atoms with Gasteiger partial charge < -0.3 is 10.5 Å². The third kappa shape index (κ3) is 2.90. The third-order valence-electron chi connectivity index (χ3n) is 3.91. The van der Waals surface area contributed by atoms with Gasteiger partial charge in [-0.1, -0.05) is 0 Å². The molecule has 1 saturated heterocycles. The molecule has 2 heterocycles. The zero-order chi connectivity index (χ0) is 17.4. The molecule has 2 N–H and O–H groups in total.